The second kappa shape index (κ2) is 3.98. The van der Waals surface area contributed by atoms with Crippen molar-refractivity contribution in [2.24, 2.45) is 0 Å². The van der Waals surface area contributed by atoms with Gasteiger partial charge in [-0.3, -0.25) is 0 Å². The van der Waals surface area contributed by atoms with Gasteiger partial charge in [-0.1, -0.05) is 36.9 Å². The Morgan fingerprint density at radius 2 is 2.00 bits per heavy atom. The van der Waals surface area contributed by atoms with Crippen molar-refractivity contribution < 1.29 is 4.43 Å². The minimum atomic E-state index is -1.18. The second-order valence-corrected chi connectivity index (χ2v) is 4.58. The van der Waals surface area contributed by atoms with Gasteiger partial charge in [-0.25, -0.2) is 0 Å². The molecule has 11 heavy (non-hydrogen) atoms. The van der Waals surface area contributed by atoms with Crippen LogP contribution in [0, 0.1) is 0 Å². The molecule has 0 aliphatic carbocycles. The summed E-state index contributed by atoms with van der Waals surface area (Å²) in [5.41, 5.74) is 0. The largest absolute Gasteiger partial charge is 0.548 e. The van der Waals surface area contributed by atoms with E-state index in [9.17, 15) is 0 Å². The molecule has 0 N–H and O–H groups in total. The molecule has 58 valence electrons. The molecule has 1 aromatic carbocycles. The summed E-state index contributed by atoms with van der Waals surface area (Å²) < 4.78 is 5.33. The van der Waals surface area contributed by atoms with Crippen molar-refractivity contribution in [3.63, 3.8) is 0 Å². The molecule has 0 aliphatic heterocycles. The van der Waals surface area contributed by atoms with Crippen LogP contribution in [0.3, 0.4) is 0 Å². The van der Waals surface area contributed by atoms with Crippen molar-refractivity contribution in [2.45, 2.75) is 6.55 Å². The zero-order chi connectivity index (χ0) is 8.10. The van der Waals surface area contributed by atoms with E-state index >= 15 is 0 Å². The van der Waals surface area contributed by atoms with Crippen molar-refractivity contribution >= 4 is 14.2 Å². The average Bonchev–Trinajstić information content (AvgIpc) is 2.07. The van der Waals surface area contributed by atoms with Crippen LogP contribution < -0.4 is 5.19 Å². The minimum Gasteiger partial charge on any atom is -0.548 e. The second-order valence-electron chi connectivity index (χ2n) is 2.36. The van der Waals surface area contributed by atoms with Gasteiger partial charge in [0.15, 0.2) is 0 Å². The summed E-state index contributed by atoms with van der Waals surface area (Å²) in [7, 11) is -1.18. The van der Waals surface area contributed by atoms with Gasteiger partial charge in [-0.15, -0.1) is 0 Å². The van der Waals surface area contributed by atoms with Gasteiger partial charge in [0.2, 0.25) is 0 Å². The third-order valence-corrected chi connectivity index (χ3v) is 3.49. The molecule has 0 saturated heterocycles. The van der Waals surface area contributed by atoms with Crippen LogP contribution in [0.15, 0.2) is 43.2 Å². The predicted molar refractivity (Wildman–Crippen MR) is 50.4 cm³/mol. The third kappa shape index (κ3) is 2.24. The molecule has 1 atom stereocenters. The fourth-order valence-corrected chi connectivity index (χ4v) is 2.16. The van der Waals surface area contributed by atoms with E-state index < -0.39 is 9.04 Å². The van der Waals surface area contributed by atoms with E-state index in [1.165, 1.54) is 11.4 Å². The van der Waals surface area contributed by atoms with Crippen molar-refractivity contribution in [3.05, 3.63) is 43.2 Å². The summed E-state index contributed by atoms with van der Waals surface area (Å²) in [5, 5.41) is 1.31. The molecule has 0 aliphatic rings. The number of hydrogen-bond acceptors (Lipinski definition) is 1. The minimum absolute atomic E-state index is 1.18. The lowest BCUT2D eigenvalue weighted by atomic mass is 10.4. The van der Waals surface area contributed by atoms with E-state index in [-0.39, 0.29) is 0 Å². The topological polar surface area (TPSA) is 9.23 Å². The summed E-state index contributed by atoms with van der Waals surface area (Å²) >= 11 is 0. The summed E-state index contributed by atoms with van der Waals surface area (Å²) in [5.74, 6) is 0. The van der Waals surface area contributed by atoms with E-state index in [1.807, 2.05) is 18.2 Å². The highest BCUT2D eigenvalue weighted by Gasteiger charge is 2.04. The highest BCUT2D eigenvalue weighted by molar-refractivity contribution is 6.66. The van der Waals surface area contributed by atoms with Gasteiger partial charge < -0.3 is 4.43 Å². The standard InChI is InChI=1S/C9H12OSi/c1-3-10-11(2)9-7-5-4-6-8-9/h3-8,11H,1H2,2H3. The Bertz CT molecular complexity index is 220. The molecule has 0 bridgehead atoms. The summed E-state index contributed by atoms with van der Waals surface area (Å²) in [6.07, 6.45) is 1.53. The van der Waals surface area contributed by atoms with Crippen LogP contribution in [0.25, 0.3) is 0 Å². The van der Waals surface area contributed by atoms with Gasteiger partial charge in [0.05, 0.1) is 6.26 Å². The Labute approximate surface area is 69.1 Å². The van der Waals surface area contributed by atoms with Gasteiger partial charge in [0, 0.05) is 0 Å². The molecule has 0 saturated carbocycles. The van der Waals surface area contributed by atoms with Crippen molar-refractivity contribution in [3.8, 4) is 0 Å². The van der Waals surface area contributed by atoms with Crippen molar-refractivity contribution in [2.75, 3.05) is 0 Å². The number of benzene rings is 1. The molecule has 1 rings (SSSR count). The van der Waals surface area contributed by atoms with Crippen LogP contribution in [0.1, 0.15) is 0 Å². The van der Waals surface area contributed by atoms with Gasteiger partial charge >= 0.3 is 0 Å². The highest BCUT2D eigenvalue weighted by Crippen LogP contribution is 1.89. The molecule has 0 spiro atoms. The molecule has 0 aromatic heterocycles. The van der Waals surface area contributed by atoms with E-state index in [0.29, 0.717) is 0 Å². The maximum Gasteiger partial charge on any atom is 0.263 e. The lowest BCUT2D eigenvalue weighted by molar-refractivity contribution is 0.509. The lowest BCUT2D eigenvalue weighted by Gasteiger charge is -2.08. The SMILES string of the molecule is C=CO[SiH](C)c1ccccc1. The summed E-state index contributed by atoms with van der Waals surface area (Å²) in [6, 6.07) is 10.3. The molecule has 2 heteroatoms. The van der Waals surface area contributed by atoms with Gasteiger partial charge in [0.25, 0.3) is 9.04 Å². The highest BCUT2D eigenvalue weighted by atomic mass is 28.3. The van der Waals surface area contributed by atoms with Crippen molar-refractivity contribution in [1.29, 1.82) is 0 Å². The normalized spacial score (nSPS) is 12.1. The molecular weight excluding hydrogens is 152 g/mol. The quantitative estimate of drug-likeness (QED) is 0.485. The Hall–Kier alpha value is -1.02. The van der Waals surface area contributed by atoms with Gasteiger partial charge in [-0.05, 0) is 11.7 Å². The maximum atomic E-state index is 5.33. The van der Waals surface area contributed by atoms with E-state index in [4.69, 9.17) is 4.43 Å². The smallest absolute Gasteiger partial charge is 0.263 e. The Kier molecular flexibility index (Phi) is 2.92. The van der Waals surface area contributed by atoms with Crippen LogP contribution in [0.4, 0.5) is 0 Å². The van der Waals surface area contributed by atoms with Crippen LogP contribution in [0.2, 0.25) is 6.55 Å². The van der Waals surface area contributed by atoms with Crippen molar-refractivity contribution in [1.82, 2.24) is 0 Å². The summed E-state index contributed by atoms with van der Waals surface area (Å²) in [6.45, 7) is 5.67. The number of rotatable bonds is 3. The monoisotopic (exact) mass is 164 g/mol. The van der Waals surface area contributed by atoms with E-state index in [0.717, 1.165) is 0 Å². The molecule has 1 aromatic rings. The first kappa shape index (κ1) is 8.08. The van der Waals surface area contributed by atoms with Crippen LogP contribution in [-0.2, 0) is 4.43 Å². The molecule has 1 unspecified atom stereocenters. The molecule has 0 fully saturated rings. The van der Waals surface area contributed by atoms with Crippen LogP contribution in [0.5, 0.6) is 0 Å². The predicted octanol–water partition coefficient (Wildman–Crippen LogP) is 1.41. The molecule has 0 radical (unpaired) electrons. The average molecular weight is 164 g/mol. The fraction of sp³-hybridized carbons (Fsp3) is 0.111. The maximum absolute atomic E-state index is 5.33. The fourth-order valence-electron chi connectivity index (χ4n) is 0.947. The van der Waals surface area contributed by atoms with Gasteiger partial charge in [-0.2, -0.15) is 0 Å². The van der Waals surface area contributed by atoms with Gasteiger partial charge in [0.1, 0.15) is 0 Å². The van der Waals surface area contributed by atoms with E-state index in [1.54, 1.807) is 0 Å². The molecule has 0 amide bonds. The van der Waals surface area contributed by atoms with Crippen LogP contribution >= 0.6 is 0 Å². The zero-order valence-electron chi connectivity index (χ0n) is 6.66. The number of hydrogen-bond donors (Lipinski definition) is 0. The first-order valence-corrected chi connectivity index (χ1v) is 5.86. The Balaban J connectivity index is 2.68. The van der Waals surface area contributed by atoms with E-state index in [2.05, 4.69) is 25.3 Å². The first-order valence-electron chi connectivity index (χ1n) is 3.66. The third-order valence-electron chi connectivity index (χ3n) is 1.57. The zero-order valence-corrected chi connectivity index (χ0v) is 7.81. The Morgan fingerprint density at radius 3 is 2.55 bits per heavy atom. The molecular formula is C9H12OSi. The first-order chi connectivity index (χ1) is 5.34. The molecule has 1 nitrogen and oxygen atoms in total. The Morgan fingerprint density at radius 1 is 1.36 bits per heavy atom. The summed E-state index contributed by atoms with van der Waals surface area (Å²) in [4.78, 5) is 0. The lowest BCUT2D eigenvalue weighted by Crippen LogP contribution is -2.27. The molecule has 0 heterocycles. The van der Waals surface area contributed by atoms with Crippen LogP contribution in [-0.4, -0.2) is 9.04 Å².